The maximum Gasteiger partial charge on any atom is 0.322 e. The van der Waals surface area contributed by atoms with Gasteiger partial charge in [0.25, 0.3) is 0 Å². The van der Waals surface area contributed by atoms with Gasteiger partial charge in [0, 0.05) is 19.0 Å². The van der Waals surface area contributed by atoms with Gasteiger partial charge in [-0.3, -0.25) is 4.79 Å². The van der Waals surface area contributed by atoms with Crippen LogP contribution in [0.25, 0.3) is 10.2 Å². The van der Waals surface area contributed by atoms with Crippen molar-refractivity contribution in [2.45, 2.75) is 32.9 Å². The van der Waals surface area contributed by atoms with E-state index in [1.807, 2.05) is 5.38 Å². The second-order valence-electron chi connectivity index (χ2n) is 5.37. The van der Waals surface area contributed by atoms with Crippen LogP contribution >= 0.6 is 11.3 Å². The lowest BCUT2D eigenvalue weighted by Gasteiger charge is -2.43. The maximum absolute atomic E-state index is 11.1. The van der Waals surface area contributed by atoms with E-state index in [-0.39, 0.29) is 18.1 Å². The molecule has 7 heteroatoms. The molecule has 0 spiro atoms. The Kier molecular flexibility index (Phi) is 3.77. The third-order valence-electron chi connectivity index (χ3n) is 3.63. The van der Waals surface area contributed by atoms with Gasteiger partial charge in [-0.2, -0.15) is 0 Å². The van der Waals surface area contributed by atoms with Crippen LogP contribution < -0.4 is 4.90 Å². The average Bonchev–Trinajstić information content (AvgIpc) is 2.86. The van der Waals surface area contributed by atoms with Crippen molar-refractivity contribution in [2.24, 2.45) is 0 Å². The van der Waals surface area contributed by atoms with Gasteiger partial charge in [0.1, 0.15) is 17.0 Å². The fraction of sp³-hybridized carbons (Fsp3) is 0.500. The third kappa shape index (κ3) is 2.71. The SMILES string of the molecule is CC(=O)ON1C[C@@H](C)N(c2ncnc3sccc23)[C@@H](C)C1. The number of fused-ring (bicyclic) bond motifs is 1. The van der Waals surface area contributed by atoms with Crippen molar-refractivity contribution in [1.29, 1.82) is 0 Å². The molecule has 1 aliphatic heterocycles. The molecule has 21 heavy (non-hydrogen) atoms. The summed E-state index contributed by atoms with van der Waals surface area (Å²) in [6.07, 6.45) is 1.62. The Morgan fingerprint density at radius 3 is 2.71 bits per heavy atom. The number of aromatic nitrogens is 2. The Morgan fingerprint density at radius 1 is 1.33 bits per heavy atom. The number of hydrogen-bond donors (Lipinski definition) is 0. The molecule has 6 nitrogen and oxygen atoms in total. The lowest BCUT2D eigenvalue weighted by atomic mass is 10.1. The van der Waals surface area contributed by atoms with E-state index in [0.717, 1.165) is 16.0 Å². The Hall–Kier alpha value is -1.73. The highest BCUT2D eigenvalue weighted by Gasteiger charge is 2.33. The van der Waals surface area contributed by atoms with Crippen LogP contribution in [0.15, 0.2) is 17.8 Å². The monoisotopic (exact) mass is 306 g/mol. The molecule has 2 aromatic heterocycles. The number of hydroxylamine groups is 2. The van der Waals surface area contributed by atoms with E-state index in [2.05, 4.69) is 34.8 Å². The maximum atomic E-state index is 11.1. The third-order valence-corrected chi connectivity index (χ3v) is 4.45. The smallest absolute Gasteiger partial charge is 0.322 e. The first-order valence-corrected chi connectivity index (χ1v) is 7.84. The quantitative estimate of drug-likeness (QED) is 0.846. The van der Waals surface area contributed by atoms with Crippen LogP contribution in [0.4, 0.5) is 5.82 Å². The van der Waals surface area contributed by atoms with Gasteiger partial charge < -0.3 is 9.74 Å². The molecule has 0 radical (unpaired) electrons. The zero-order valence-corrected chi connectivity index (χ0v) is 13.1. The van der Waals surface area contributed by atoms with Gasteiger partial charge in [0.15, 0.2) is 0 Å². The Morgan fingerprint density at radius 2 is 2.05 bits per heavy atom. The summed E-state index contributed by atoms with van der Waals surface area (Å²) in [6.45, 7) is 7.00. The predicted octanol–water partition coefficient (Wildman–Crippen LogP) is 2.07. The summed E-state index contributed by atoms with van der Waals surface area (Å²) in [4.78, 5) is 28.4. The van der Waals surface area contributed by atoms with Crippen LogP contribution in [0.5, 0.6) is 0 Å². The second kappa shape index (κ2) is 5.57. The topological polar surface area (TPSA) is 58.6 Å². The molecule has 2 aromatic rings. The van der Waals surface area contributed by atoms with Crippen molar-refractivity contribution >= 4 is 33.3 Å². The number of hydrogen-bond acceptors (Lipinski definition) is 7. The van der Waals surface area contributed by atoms with Gasteiger partial charge in [-0.15, -0.1) is 16.4 Å². The van der Waals surface area contributed by atoms with Gasteiger partial charge in [0.2, 0.25) is 0 Å². The van der Waals surface area contributed by atoms with Crippen LogP contribution in [0.1, 0.15) is 20.8 Å². The fourth-order valence-electron chi connectivity index (χ4n) is 2.93. The van der Waals surface area contributed by atoms with E-state index in [4.69, 9.17) is 4.84 Å². The second-order valence-corrected chi connectivity index (χ2v) is 6.27. The normalized spacial score (nSPS) is 23.5. The minimum absolute atomic E-state index is 0.200. The van der Waals surface area contributed by atoms with E-state index in [9.17, 15) is 4.79 Å². The number of carbonyl (C=O) groups is 1. The van der Waals surface area contributed by atoms with Gasteiger partial charge >= 0.3 is 5.97 Å². The Labute approximate surface area is 127 Å². The summed E-state index contributed by atoms with van der Waals surface area (Å²) in [5, 5.41) is 4.86. The molecule has 0 aliphatic carbocycles. The number of piperazine rings is 1. The van der Waals surface area contributed by atoms with Gasteiger partial charge in [-0.05, 0) is 25.3 Å². The molecule has 0 saturated carbocycles. The molecule has 1 saturated heterocycles. The summed E-state index contributed by atoms with van der Waals surface area (Å²) in [7, 11) is 0. The highest BCUT2D eigenvalue weighted by molar-refractivity contribution is 7.16. The average molecular weight is 306 g/mol. The molecule has 1 aliphatic rings. The highest BCUT2D eigenvalue weighted by atomic mass is 32.1. The zero-order chi connectivity index (χ0) is 15.0. The van der Waals surface area contributed by atoms with Crippen LogP contribution in [0.3, 0.4) is 0 Å². The van der Waals surface area contributed by atoms with Crippen LogP contribution in [0, 0.1) is 0 Å². The van der Waals surface area contributed by atoms with Crippen molar-refractivity contribution in [1.82, 2.24) is 15.0 Å². The van der Waals surface area contributed by atoms with Crippen LogP contribution in [-0.4, -0.2) is 46.2 Å². The molecule has 1 fully saturated rings. The molecule has 3 rings (SSSR count). The Bertz CT molecular complexity index is 647. The number of rotatable bonds is 2. The van der Waals surface area contributed by atoms with Crippen molar-refractivity contribution in [2.75, 3.05) is 18.0 Å². The summed E-state index contributed by atoms with van der Waals surface area (Å²) in [5.74, 6) is 0.689. The predicted molar refractivity (Wildman–Crippen MR) is 82.2 cm³/mol. The molecule has 0 N–H and O–H groups in total. The van der Waals surface area contributed by atoms with E-state index in [1.54, 1.807) is 22.7 Å². The lowest BCUT2D eigenvalue weighted by molar-refractivity contribution is -0.193. The molecule has 2 atom stereocenters. The minimum Gasteiger partial charge on any atom is -0.368 e. The number of nitrogens with zero attached hydrogens (tertiary/aromatic N) is 4. The van der Waals surface area contributed by atoms with Crippen molar-refractivity contribution in [3.8, 4) is 0 Å². The molecular formula is C14H18N4O2S. The van der Waals surface area contributed by atoms with Crippen molar-refractivity contribution < 1.29 is 9.63 Å². The highest BCUT2D eigenvalue weighted by Crippen LogP contribution is 2.31. The summed E-state index contributed by atoms with van der Waals surface area (Å²) in [5.41, 5.74) is 0. The molecule has 0 unspecified atom stereocenters. The van der Waals surface area contributed by atoms with Gasteiger partial charge in [0.05, 0.1) is 18.5 Å². The van der Waals surface area contributed by atoms with E-state index >= 15 is 0 Å². The van der Waals surface area contributed by atoms with E-state index in [1.165, 1.54) is 6.92 Å². The number of anilines is 1. The molecule has 3 heterocycles. The lowest BCUT2D eigenvalue weighted by Crippen LogP contribution is -2.57. The van der Waals surface area contributed by atoms with Crippen molar-refractivity contribution in [3.63, 3.8) is 0 Å². The Balaban J connectivity index is 1.89. The van der Waals surface area contributed by atoms with Crippen LogP contribution in [0.2, 0.25) is 0 Å². The van der Waals surface area contributed by atoms with Gasteiger partial charge in [-0.1, -0.05) is 0 Å². The molecule has 0 aromatic carbocycles. The summed E-state index contributed by atoms with van der Waals surface area (Å²) >= 11 is 1.62. The fourth-order valence-corrected chi connectivity index (χ4v) is 3.66. The zero-order valence-electron chi connectivity index (χ0n) is 12.3. The molecule has 0 amide bonds. The van der Waals surface area contributed by atoms with Crippen LogP contribution in [-0.2, 0) is 9.63 Å². The molecular weight excluding hydrogens is 288 g/mol. The number of carbonyl (C=O) groups excluding carboxylic acids is 1. The summed E-state index contributed by atoms with van der Waals surface area (Å²) < 4.78 is 0. The van der Waals surface area contributed by atoms with Gasteiger partial charge in [-0.25, -0.2) is 9.97 Å². The molecule has 0 bridgehead atoms. The minimum atomic E-state index is -0.273. The standard InChI is InChI=1S/C14H18N4O2S/c1-9-6-17(20-11(3)19)7-10(2)18(9)13-12-4-5-21-14(12)16-8-15-13/h4-5,8-10H,6-7H2,1-3H3/t9-,10+. The van der Waals surface area contributed by atoms with E-state index < -0.39 is 0 Å². The largest absolute Gasteiger partial charge is 0.368 e. The first kappa shape index (κ1) is 14.2. The first-order valence-electron chi connectivity index (χ1n) is 6.96. The molecule has 112 valence electrons. The van der Waals surface area contributed by atoms with E-state index in [0.29, 0.717) is 13.1 Å². The number of thiophene rings is 1. The first-order chi connectivity index (χ1) is 10.1. The summed E-state index contributed by atoms with van der Waals surface area (Å²) in [6, 6.07) is 2.46. The van der Waals surface area contributed by atoms with Crippen molar-refractivity contribution in [3.05, 3.63) is 17.8 Å².